The lowest BCUT2D eigenvalue weighted by Gasteiger charge is -2.14. The minimum Gasteiger partial charge on any atom is -0.351 e. The Labute approximate surface area is 91.6 Å². The summed E-state index contributed by atoms with van der Waals surface area (Å²) in [5.41, 5.74) is 0. The lowest BCUT2D eigenvalue weighted by atomic mass is 10.1. The maximum atomic E-state index is 6.05. The van der Waals surface area contributed by atoms with Crippen LogP contribution in [0.5, 0.6) is 0 Å². The molecule has 2 heteroatoms. The van der Waals surface area contributed by atoms with Crippen LogP contribution in [0.3, 0.4) is 0 Å². The van der Waals surface area contributed by atoms with Crippen molar-refractivity contribution in [2.45, 2.75) is 77.4 Å². The zero-order valence-electron chi connectivity index (χ0n) is 10.4. The molecule has 0 rings (SSSR count). The van der Waals surface area contributed by atoms with Crippen molar-refractivity contribution in [3.05, 3.63) is 0 Å². The predicted molar refractivity (Wildman–Crippen MR) is 69.1 cm³/mol. The molecule has 0 bridgehead atoms. The number of unbranched alkanes of at least 4 members (excludes halogenated alkanes) is 7. The lowest BCUT2D eigenvalue weighted by molar-refractivity contribution is 0.584. The van der Waals surface area contributed by atoms with Gasteiger partial charge in [0.2, 0.25) is 0 Å². The van der Waals surface area contributed by atoms with Crippen molar-refractivity contribution in [2.75, 3.05) is 0 Å². The molecular formula is C12H29NSi. The van der Waals surface area contributed by atoms with Gasteiger partial charge in [-0.15, -0.1) is 0 Å². The molecule has 0 saturated carbocycles. The molecule has 0 amide bonds. The molecule has 0 heterocycles. The highest BCUT2D eigenvalue weighted by Crippen LogP contribution is 2.12. The van der Waals surface area contributed by atoms with Crippen LogP contribution in [-0.2, 0) is 0 Å². The normalized spacial score (nSPS) is 12.0. The Balaban J connectivity index is 2.99. The third-order valence-corrected chi connectivity index (χ3v) is 4.32. The van der Waals surface area contributed by atoms with E-state index in [-0.39, 0.29) is 0 Å². The zero-order chi connectivity index (χ0) is 10.9. The maximum absolute atomic E-state index is 6.05. The van der Waals surface area contributed by atoms with Crippen LogP contribution in [0.1, 0.15) is 58.3 Å². The molecule has 86 valence electrons. The van der Waals surface area contributed by atoms with Crippen LogP contribution in [0.2, 0.25) is 19.1 Å². The van der Waals surface area contributed by atoms with Crippen molar-refractivity contribution in [2.24, 2.45) is 5.40 Å². The zero-order valence-corrected chi connectivity index (χ0v) is 11.4. The van der Waals surface area contributed by atoms with E-state index in [4.69, 9.17) is 5.40 Å². The summed E-state index contributed by atoms with van der Waals surface area (Å²) in [7, 11) is -1.24. The number of hydrogen-bond acceptors (Lipinski definition) is 1. The van der Waals surface area contributed by atoms with E-state index in [0.29, 0.717) is 0 Å². The van der Waals surface area contributed by atoms with Gasteiger partial charge in [-0.05, 0) is 6.04 Å². The van der Waals surface area contributed by atoms with Crippen LogP contribution in [0.15, 0.2) is 0 Å². The van der Waals surface area contributed by atoms with Gasteiger partial charge in [-0.25, -0.2) is 0 Å². The van der Waals surface area contributed by atoms with Crippen LogP contribution in [0.25, 0.3) is 0 Å². The Bertz CT molecular complexity index is 118. The minimum absolute atomic E-state index is 1.24. The SMILES string of the molecule is CCCCCCCCCC[Si](C)(C)N. The van der Waals surface area contributed by atoms with E-state index in [2.05, 4.69) is 20.0 Å². The molecule has 0 aromatic carbocycles. The summed E-state index contributed by atoms with van der Waals surface area (Å²) < 4.78 is 0. The third-order valence-electron chi connectivity index (χ3n) is 2.67. The summed E-state index contributed by atoms with van der Waals surface area (Å²) >= 11 is 0. The van der Waals surface area contributed by atoms with Crippen LogP contribution < -0.4 is 5.40 Å². The van der Waals surface area contributed by atoms with E-state index >= 15 is 0 Å². The highest BCUT2D eigenvalue weighted by molar-refractivity contribution is 6.74. The van der Waals surface area contributed by atoms with E-state index in [1.165, 1.54) is 57.4 Å². The Morgan fingerprint density at radius 1 is 0.786 bits per heavy atom. The van der Waals surface area contributed by atoms with Gasteiger partial charge in [0.1, 0.15) is 8.24 Å². The number of rotatable bonds is 9. The number of hydrogen-bond donors (Lipinski definition) is 1. The van der Waals surface area contributed by atoms with Crippen LogP contribution in [0, 0.1) is 0 Å². The van der Waals surface area contributed by atoms with Gasteiger partial charge in [-0.3, -0.25) is 0 Å². The van der Waals surface area contributed by atoms with E-state index < -0.39 is 8.24 Å². The molecule has 0 aromatic heterocycles. The van der Waals surface area contributed by atoms with E-state index in [9.17, 15) is 0 Å². The van der Waals surface area contributed by atoms with Gasteiger partial charge in [0.05, 0.1) is 0 Å². The first-order valence-electron chi connectivity index (χ1n) is 6.35. The predicted octanol–water partition coefficient (Wildman–Crippen LogP) is 4.29. The monoisotopic (exact) mass is 215 g/mol. The van der Waals surface area contributed by atoms with E-state index in [0.717, 1.165) is 0 Å². The molecule has 0 aliphatic heterocycles. The third kappa shape index (κ3) is 12.2. The smallest absolute Gasteiger partial charge is 0.116 e. The summed E-state index contributed by atoms with van der Waals surface area (Å²) in [6.07, 6.45) is 11.3. The van der Waals surface area contributed by atoms with Gasteiger partial charge in [0.25, 0.3) is 0 Å². The highest BCUT2D eigenvalue weighted by atomic mass is 28.3. The van der Waals surface area contributed by atoms with Gasteiger partial charge in [-0.2, -0.15) is 0 Å². The maximum Gasteiger partial charge on any atom is 0.116 e. The van der Waals surface area contributed by atoms with Crippen LogP contribution in [-0.4, -0.2) is 8.24 Å². The molecule has 2 N–H and O–H groups in total. The van der Waals surface area contributed by atoms with E-state index in [1.807, 2.05) is 0 Å². The first-order chi connectivity index (χ1) is 6.56. The van der Waals surface area contributed by atoms with Crippen molar-refractivity contribution >= 4 is 8.24 Å². The van der Waals surface area contributed by atoms with Gasteiger partial charge in [0.15, 0.2) is 0 Å². The molecule has 0 radical (unpaired) electrons. The van der Waals surface area contributed by atoms with Crippen molar-refractivity contribution < 1.29 is 0 Å². The van der Waals surface area contributed by atoms with Crippen molar-refractivity contribution in [3.63, 3.8) is 0 Å². The molecule has 14 heavy (non-hydrogen) atoms. The standard InChI is InChI=1S/C12H29NSi/c1-4-5-6-7-8-9-10-11-12-14(2,3)13/h4-13H2,1-3H3. The minimum atomic E-state index is -1.24. The molecule has 0 unspecified atom stereocenters. The molecule has 0 atom stereocenters. The Kier molecular flexibility index (Phi) is 8.59. The summed E-state index contributed by atoms with van der Waals surface area (Å²) in [5, 5.41) is 6.05. The quantitative estimate of drug-likeness (QED) is 0.450. The number of nitrogens with two attached hydrogens (primary N) is 1. The molecule has 0 saturated heterocycles. The molecule has 0 aromatic rings. The Hall–Kier alpha value is 0.177. The molecule has 0 aliphatic carbocycles. The van der Waals surface area contributed by atoms with Crippen molar-refractivity contribution in [3.8, 4) is 0 Å². The summed E-state index contributed by atoms with van der Waals surface area (Å²) in [6, 6.07) is 1.31. The second-order valence-corrected chi connectivity index (χ2v) is 9.69. The molecule has 0 aliphatic rings. The topological polar surface area (TPSA) is 26.0 Å². The van der Waals surface area contributed by atoms with Gasteiger partial charge < -0.3 is 5.40 Å². The fourth-order valence-electron chi connectivity index (χ4n) is 1.71. The first kappa shape index (κ1) is 14.2. The van der Waals surface area contributed by atoms with Gasteiger partial charge >= 0.3 is 0 Å². The summed E-state index contributed by atoms with van der Waals surface area (Å²) in [4.78, 5) is 0. The summed E-state index contributed by atoms with van der Waals surface area (Å²) in [5.74, 6) is 0. The highest BCUT2D eigenvalue weighted by Gasteiger charge is 2.12. The van der Waals surface area contributed by atoms with Crippen LogP contribution in [0.4, 0.5) is 0 Å². The Morgan fingerprint density at radius 2 is 1.21 bits per heavy atom. The Morgan fingerprint density at radius 3 is 1.64 bits per heavy atom. The summed E-state index contributed by atoms with van der Waals surface area (Å²) in [6.45, 7) is 6.79. The average Bonchev–Trinajstić information content (AvgIpc) is 2.08. The second kappa shape index (κ2) is 8.48. The molecule has 0 fully saturated rings. The second-order valence-electron chi connectivity index (χ2n) is 5.21. The fraction of sp³-hybridized carbons (Fsp3) is 1.00. The van der Waals surface area contributed by atoms with Gasteiger partial charge in [0, 0.05) is 0 Å². The van der Waals surface area contributed by atoms with Crippen molar-refractivity contribution in [1.82, 2.24) is 0 Å². The molecule has 0 spiro atoms. The lowest BCUT2D eigenvalue weighted by Crippen LogP contribution is -2.37. The first-order valence-corrected chi connectivity index (χ1v) is 9.63. The van der Waals surface area contributed by atoms with Gasteiger partial charge in [-0.1, -0.05) is 71.4 Å². The fourth-order valence-corrected chi connectivity index (χ4v) is 2.88. The molecular weight excluding hydrogens is 186 g/mol. The molecule has 1 nitrogen and oxygen atoms in total. The van der Waals surface area contributed by atoms with Crippen LogP contribution >= 0.6 is 0 Å². The van der Waals surface area contributed by atoms with E-state index in [1.54, 1.807) is 0 Å². The average molecular weight is 215 g/mol. The van der Waals surface area contributed by atoms with Crippen molar-refractivity contribution in [1.29, 1.82) is 0 Å². The largest absolute Gasteiger partial charge is 0.351 e.